The van der Waals surface area contributed by atoms with Gasteiger partial charge in [-0.05, 0) is 0 Å². The van der Waals surface area contributed by atoms with Gasteiger partial charge in [0.25, 0.3) is 0 Å². The molecule has 0 aromatic rings. The Hall–Kier alpha value is -0.152. The van der Waals surface area contributed by atoms with Gasteiger partial charge in [-0.1, -0.05) is 13.8 Å². The van der Waals surface area contributed by atoms with Crippen LogP contribution >= 0.6 is 0 Å². The van der Waals surface area contributed by atoms with Crippen LogP contribution in [0.15, 0.2) is 0 Å². The van der Waals surface area contributed by atoms with Crippen LogP contribution in [0.25, 0.3) is 0 Å². The van der Waals surface area contributed by atoms with Gasteiger partial charge in [0.15, 0.2) is 0 Å². The summed E-state index contributed by atoms with van der Waals surface area (Å²) >= 11 is -2.03. The van der Waals surface area contributed by atoms with E-state index in [9.17, 15) is 0 Å². The van der Waals surface area contributed by atoms with Crippen LogP contribution < -0.4 is 24.8 Å². The van der Waals surface area contributed by atoms with E-state index in [1.807, 2.05) is 26.0 Å². The number of nitrogens with zero attached hydrogens (tertiary/aromatic N) is 2. The first-order valence-corrected chi connectivity index (χ1v) is 4.54. The molecule has 0 aliphatic heterocycles. The van der Waals surface area contributed by atoms with Crippen molar-refractivity contribution in [2.75, 3.05) is 0 Å². The van der Waals surface area contributed by atoms with Gasteiger partial charge in [-0.25, -0.2) is 0 Å². The van der Waals surface area contributed by atoms with Crippen molar-refractivity contribution in [2.45, 2.75) is 26.7 Å². The second-order valence-electron chi connectivity index (χ2n) is 1.09. The van der Waals surface area contributed by atoms with Gasteiger partial charge in [0.05, 0.1) is 12.1 Å². The molecule has 0 saturated carbocycles. The first-order valence-electron chi connectivity index (χ1n) is 2.90. The Labute approximate surface area is 99.3 Å². The summed E-state index contributed by atoms with van der Waals surface area (Å²) in [4.78, 5) is 0. The number of rotatable bonds is 0. The molecular formula is C6H10Cl2MoN2O2. The molecule has 76 valence electrons. The topological polar surface area (TPSA) is 81.7 Å². The Kier molecular flexibility index (Phi) is 134. The van der Waals surface area contributed by atoms with Crippen molar-refractivity contribution in [3.05, 3.63) is 0 Å². The van der Waals surface area contributed by atoms with Gasteiger partial charge in [-0.15, -0.1) is 0 Å². The van der Waals surface area contributed by atoms with E-state index in [0.29, 0.717) is 12.8 Å². The molecule has 0 atom stereocenters. The van der Waals surface area contributed by atoms with Gasteiger partial charge in [-0.2, -0.15) is 10.5 Å². The first kappa shape index (κ1) is 29.3. The van der Waals surface area contributed by atoms with Gasteiger partial charge in [0.2, 0.25) is 0 Å². The number of nitriles is 2. The van der Waals surface area contributed by atoms with Crippen LogP contribution in [0.1, 0.15) is 26.7 Å². The van der Waals surface area contributed by atoms with Gasteiger partial charge >= 0.3 is 25.3 Å². The number of halogens is 2. The molecule has 0 amide bonds. The van der Waals surface area contributed by atoms with E-state index >= 15 is 0 Å². The zero-order valence-electron chi connectivity index (χ0n) is 7.29. The fraction of sp³-hybridized carbons (Fsp3) is 0.667. The van der Waals surface area contributed by atoms with Crippen LogP contribution in [0.2, 0.25) is 0 Å². The van der Waals surface area contributed by atoms with E-state index in [0.717, 1.165) is 0 Å². The molecule has 0 N–H and O–H groups in total. The van der Waals surface area contributed by atoms with Crippen molar-refractivity contribution in [1.29, 1.82) is 10.5 Å². The molecule has 0 aliphatic carbocycles. The van der Waals surface area contributed by atoms with Gasteiger partial charge < -0.3 is 24.8 Å². The molecule has 0 fully saturated rings. The Morgan fingerprint density at radius 3 is 1.08 bits per heavy atom. The minimum atomic E-state index is -2.03. The summed E-state index contributed by atoms with van der Waals surface area (Å²) in [7, 11) is 0. The van der Waals surface area contributed by atoms with Gasteiger partial charge in [0.1, 0.15) is 0 Å². The zero-order chi connectivity index (χ0) is 9.54. The summed E-state index contributed by atoms with van der Waals surface area (Å²) in [5.74, 6) is 0. The molecule has 0 saturated heterocycles. The minimum absolute atomic E-state index is 0. The SMILES string of the molecule is CCC#N.CCC#N.[Cl-].[Cl-].[O]=[Mo+2]=[O]. The van der Waals surface area contributed by atoms with Crippen LogP contribution in [-0.2, 0) is 25.3 Å². The summed E-state index contributed by atoms with van der Waals surface area (Å²) in [5.41, 5.74) is 0. The molecule has 0 heterocycles. The Balaban J connectivity index is -0.0000000231. The molecule has 4 nitrogen and oxygen atoms in total. The third-order valence-corrected chi connectivity index (χ3v) is 0.316. The molecule has 0 bridgehead atoms. The molecular weight excluding hydrogens is 299 g/mol. The quantitative estimate of drug-likeness (QED) is 0.423. The monoisotopic (exact) mass is 310 g/mol. The Morgan fingerprint density at radius 1 is 1.00 bits per heavy atom. The number of hydrogen-bond donors (Lipinski definition) is 0. The maximum absolute atomic E-state index is 8.50. The molecule has 13 heavy (non-hydrogen) atoms. The summed E-state index contributed by atoms with van der Waals surface area (Å²) < 4.78 is 17.0. The van der Waals surface area contributed by atoms with E-state index < -0.39 is 18.5 Å². The third kappa shape index (κ3) is 336. The van der Waals surface area contributed by atoms with Crippen LogP contribution in [0.4, 0.5) is 0 Å². The fourth-order valence-electron chi connectivity index (χ4n) is 0. The normalized spacial score (nSPS) is 3.69. The van der Waals surface area contributed by atoms with Gasteiger partial charge in [0, 0.05) is 12.8 Å². The average Bonchev–Trinajstić information content (AvgIpc) is 2.06. The molecule has 7 heteroatoms. The van der Waals surface area contributed by atoms with Crippen molar-refractivity contribution in [2.24, 2.45) is 0 Å². The molecule has 0 radical (unpaired) electrons. The van der Waals surface area contributed by atoms with E-state index in [-0.39, 0.29) is 24.8 Å². The van der Waals surface area contributed by atoms with Crippen molar-refractivity contribution in [3.63, 3.8) is 0 Å². The van der Waals surface area contributed by atoms with E-state index in [2.05, 4.69) is 0 Å². The van der Waals surface area contributed by atoms with Gasteiger partial charge in [-0.3, -0.25) is 0 Å². The zero-order valence-corrected chi connectivity index (χ0v) is 10.8. The summed E-state index contributed by atoms with van der Waals surface area (Å²) in [6.07, 6.45) is 1.25. The number of hydrogen-bond acceptors (Lipinski definition) is 4. The second kappa shape index (κ2) is 59.3. The molecule has 0 unspecified atom stereocenters. The first-order chi connectivity index (χ1) is 5.24. The molecule has 0 aromatic heterocycles. The molecule has 0 aliphatic rings. The Morgan fingerprint density at radius 2 is 1.08 bits per heavy atom. The predicted octanol–water partition coefficient (Wildman–Crippen LogP) is -4.39. The standard InChI is InChI=1S/2C3H5N.2ClH.Mo.2O/c2*1-2-3-4;;;;;/h2*2H2,1H3;2*1H;;;/q;;;;+2;;/p-2. The van der Waals surface area contributed by atoms with Crippen molar-refractivity contribution < 1.29 is 50.1 Å². The fourth-order valence-corrected chi connectivity index (χ4v) is 0. The van der Waals surface area contributed by atoms with Crippen molar-refractivity contribution >= 4 is 0 Å². The molecule has 0 aromatic carbocycles. The van der Waals surface area contributed by atoms with Crippen LogP contribution in [0, 0.1) is 22.7 Å². The second-order valence-corrected chi connectivity index (χ2v) is 1.43. The van der Waals surface area contributed by atoms with Crippen LogP contribution in [0.3, 0.4) is 0 Å². The predicted molar refractivity (Wildman–Crippen MR) is 33.2 cm³/mol. The van der Waals surface area contributed by atoms with Crippen LogP contribution in [0.5, 0.6) is 0 Å². The van der Waals surface area contributed by atoms with E-state index in [1.165, 1.54) is 0 Å². The van der Waals surface area contributed by atoms with Crippen LogP contribution in [-0.4, -0.2) is 0 Å². The van der Waals surface area contributed by atoms with Crippen molar-refractivity contribution in [3.8, 4) is 12.1 Å². The Bertz CT molecular complexity index is 156. The summed E-state index contributed by atoms with van der Waals surface area (Å²) in [6, 6.07) is 3.86. The maximum atomic E-state index is 8.50. The molecule has 0 rings (SSSR count). The van der Waals surface area contributed by atoms with E-state index in [4.69, 9.17) is 17.3 Å². The molecule has 0 spiro atoms. The van der Waals surface area contributed by atoms with E-state index in [1.54, 1.807) is 0 Å². The average molecular weight is 309 g/mol. The third-order valence-electron chi connectivity index (χ3n) is 0.316. The van der Waals surface area contributed by atoms with Crippen molar-refractivity contribution in [1.82, 2.24) is 0 Å². The summed E-state index contributed by atoms with van der Waals surface area (Å²) in [6.45, 7) is 3.64. The summed E-state index contributed by atoms with van der Waals surface area (Å²) in [5, 5.41) is 15.2.